The van der Waals surface area contributed by atoms with Gasteiger partial charge in [-0.15, -0.1) is 0 Å². The maximum Gasteiger partial charge on any atom is 0.436 e. The van der Waals surface area contributed by atoms with E-state index in [2.05, 4.69) is 31.4 Å². The molecule has 1 saturated carbocycles. The van der Waals surface area contributed by atoms with Crippen LogP contribution in [0.5, 0.6) is 0 Å². The maximum absolute atomic E-state index is 13.2. The molecule has 30 heavy (non-hydrogen) atoms. The fraction of sp³-hybridized carbons (Fsp3) is 0.316. The Morgan fingerprint density at radius 1 is 1.33 bits per heavy atom. The summed E-state index contributed by atoms with van der Waals surface area (Å²) in [6.07, 6.45) is 0.0792. The van der Waals surface area contributed by atoms with Gasteiger partial charge < -0.3 is 5.32 Å². The van der Waals surface area contributed by atoms with Crippen LogP contribution in [0.3, 0.4) is 0 Å². The Kier molecular flexibility index (Phi) is 5.63. The number of hydrogen-bond acceptors (Lipinski definition) is 3. The van der Waals surface area contributed by atoms with Crippen molar-refractivity contribution in [2.75, 3.05) is 5.32 Å². The average Bonchev–Trinajstić information content (AvgIpc) is 3.30. The normalized spacial score (nSPS) is 14.2. The number of aromatic nitrogens is 4. The molecule has 11 heteroatoms. The van der Waals surface area contributed by atoms with Crippen LogP contribution in [0.15, 0.2) is 41.1 Å². The first kappa shape index (κ1) is 20.9. The molecule has 0 saturated heterocycles. The zero-order chi connectivity index (χ0) is 21.5. The van der Waals surface area contributed by atoms with Crippen molar-refractivity contribution < 1.29 is 18.0 Å². The number of alkyl halides is 3. The first-order valence-electron chi connectivity index (χ1n) is 9.11. The predicted octanol–water partition coefficient (Wildman–Crippen LogP) is 5.08. The SMILES string of the molecule is O=C(Cn1nc(C(F)(F)F)c(Br)c1C1CC1)Nc1cnn(Cc2cccc(Cl)c2)c1. The van der Waals surface area contributed by atoms with Gasteiger partial charge in [-0.25, -0.2) is 0 Å². The van der Waals surface area contributed by atoms with E-state index in [9.17, 15) is 18.0 Å². The lowest BCUT2D eigenvalue weighted by Gasteiger charge is -2.07. The summed E-state index contributed by atoms with van der Waals surface area (Å²) in [6.45, 7) is 0.142. The van der Waals surface area contributed by atoms with E-state index in [0.29, 0.717) is 22.9 Å². The van der Waals surface area contributed by atoms with Crippen LogP contribution in [-0.4, -0.2) is 25.5 Å². The molecule has 1 fully saturated rings. The Morgan fingerprint density at radius 3 is 2.77 bits per heavy atom. The van der Waals surface area contributed by atoms with E-state index in [0.717, 1.165) is 23.1 Å². The number of benzene rings is 1. The second-order valence-corrected chi connectivity index (χ2v) is 8.31. The molecule has 1 aliphatic carbocycles. The van der Waals surface area contributed by atoms with Gasteiger partial charge in [0.1, 0.15) is 6.54 Å². The van der Waals surface area contributed by atoms with E-state index < -0.39 is 17.8 Å². The van der Waals surface area contributed by atoms with Crippen molar-refractivity contribution in [2.24, 2.45) is 0 Å². The van der Waals surface area contributed by atoms with Gasteiger partial charge in [0.2, 0.25) is 5.91 Å². The molecule has 0 spiro atoms. The summed E-state index contributed by atoms with van der Waals surface area (Å²) in [5.74, 6) is -0.501. The molecule has 6 nitrogen and oxygen atoms in total. The molecule has 2 aromatic heterocycles. The predicted molar refractivity (Wildman–Crippen MR) is 108 cm³/mol. The van der Waals surface area contributed by atoms with Crippen LogP contribution in [0, 0.1) is 0 Å². The van der Waals surface area contributed by atoms with Gasteiger partial charge in [0.05, 0.1) is 28.6 Å². The second-order valence-electron chi connectivity index (χ2n) is 7.08. The molecule has 158 valence electrons. The lowest BCUT2D eigenvalue weighted by molar-refractivity contribution is -0.142. The highest BCUT2D eigenvalue weighted by atomic mass is 79.9. The minimum Gasteiger partial charge on any atom is -0.322 e. The molecule has 1 N–H and O–H groups in total. The highest BCUT2D eigenvalue weighted by Crippen LogP contribution is 2.46. The van der Waals surface area contributed by atoms with Gasteiger partial charge in [-0.1, -0.05) is 23.7 Å². The third-order valence-electron chi connectivity index (χ3n) is 4.61. The monoisotopic (exact) mass is 501 g/mol. The molecule has 0 atom stereocenters. The molecule has 2 heterocycles. The van der Waals surface area contributed by atoms with Gasteiger partial charge in [-0.3, -0.25) is 14.2 Å². The van der Waals surface area contributed by atoms with E-state index in [1.54, 1.807) is 16.9 Å². The first-order chi connectivity index (χ1) is 14.2. The summed E-state index contributed by atoms with van der Waals surface area (Å²) in [4.78, 5) is 12.4. The molecule has 0 unspecified atom stereocenters. The van der Waals surface area contributed by atoms with Gasteiger partial charge >= 0.3 is 6.18 Å². The molecule has 1 aromatic carbocycles. The van der Waals surface area contributed by atoms with Gasteiger partial charge in [-0.2, -0.15) is 23.4 Å². The standard InChI is InChI=1S/C19H16BrClF3N5O/c20-16-17(12-4-5-12)29(27-18(16)19(22,23)24)10-15(30)26-14-7-25-28(9-14)8-11-2-1-3-13(21)6-11/h1-3,6-7,9,12H,4-5,8,10H2,(H,26,30). The summed E-state index contributed by atoms with van der Waals surface area (Å²) in [6, 6.07) is 7.32. The van der Waals surface area contributed by atoms with Crippen LogP contribution in [0.25, 0.3) is 0 Å². The van der Waals surface area contributed by atoms with Crippen molar-refractivity contribution in [3.63, 3.8) is 0 Å². The topological polar surface area (TPSA) is 64.7 Å². The maximum atomic E-state index is 13.2. The average molecular weight is 503 g/mol. The Labute approximate surface area is 183 Å². The van der Waals surface area contributed by atoms with E-state index in [1.165, 1.54) is 6.20 Å². The number of nitrogens with zero attached hydrogens (tertiary/aromatic N) is 4. The van der Waals surface area contributed by atoms with Crippen LogP contribution in [0.1, 0.15) is 35.7 Å². The van der Waals surface area contributed by atoms with Crippen molar-refractivity contribution in [3.8, 4) is 0 Å². The minimum atomic E-state index is -4.59. The molecule has 3 aromatic rings. The van der Waals surface area contributed by atoms with Crippen LogP contribution in [0.4, 0.5) is 18.9 Å². The fourth-order valence-corrected chi connectivity index (χ4v) is 4.22. The summed E-state index contributed by atoms with van der Waals surface area (Å²) < 4.78 is 42.3. The van der Waals surface area contributed by atoms with Crippen molar-refractivity contribution in [3.05, 3.63) is 63.1 Å². The van der Waals surface area contributed by atoms with Crippen molar-refractivity contribution >= 4 is 39.1 Å². The largest absolute Gasteiger partial charge is 0.436 e. The van der Waals surface area contributed by atoms with E-state index in [-0.39, 0.29) is 16.9 Å². The Balaban J connectivity index is 1.45. The van der Waals surface area contributed by atoms with Gasteiger partial charge in [0.15, 0.2) is 5.69 Å². The molecule has 0 radical (unpaired) electrons. The third-order valence-corrected chi connectivity index (χ3v) is 5.63. The fourth-order valence-electron chi connectivity index (χ4n) is 3.18. The number of rotatable bonds is 6. The Bertz CT molecular complexity index is 1090. The Morgan fingerprint density at radius 2 is 2.10 bits per heavy atom. The van der Waals surface area contributed by atoms with Crippen LogP contribution in [0.2, 0.25) is 5.02 Å². The summed E-state index contributed by atoms with van der Waals surface area (Å²) in [7, 11) is 0. The van der Waals surface area contributed by atoms with E-state index in [4.69, 9.17) is 11.6 Å². The number of nitrogens with one attached hydrogen (secondary N) is 1. The van der Waals surface area contributed by atoms with Gasteiger partial charge in [0.25, 0.3) is 0 Å². The lowest BCUT2D eigenvalue weighted by atomic mass is 10.2. The van der Waals surface area contributed by atoms with E-state index in [1.807, 2.05) is 18.2 Å². The number of hydrogen-bond donors (Lipinski definition) is 1. The summed E-state index contributed by atoms with van der Waals surface area (Å²) >= 11 is 8.99. The smallest absolute Gasteiger partial charge is 0.322 e. The summed E-state index contributed by atoms with van der Waals surface area (Å²) in [5, 5.41) is 11.1. The first-order valence-corrected chi connectivity index (χ1v) is 10.3. The van der Waals surface area contributed by atoms with Crippen LogP contribution >= 0.6 is 27.5 Å². The molecular formula is C19H16BrClF3N5O. The molecule has 0 aliphatic heterocycles. The number of halogens is 5. The molecular weight excluding hydrogens is 487 g/mol. The van der Waals surface area contributed by atoms with Crippen molar-refractivity contribution in [2.45, 2.75) is 38.0 Å². The quantitative estimate of drug-likeness (QED) is 0.511. The zero-order valence-electron chi connectivity index (χ0n) is 15.5. The number of carbonyl (C=O) groups is 1. The second kappa shape index (κ2) is 8.07. The molecule has 1 aliphatic rings. The van der Waals surface area contributed by atoms with Crippen molar-refractivity contribution in [1.82, 2.24) is 19.6 Å². The van der Waals surface area contributed by atoms with Crippen LogP contribution in [-0.2, 0) is 24.1 Å². The number of anilines is 1. The number of amides is 1. The lowest BCUT2D eigenvalue weighted by Crippen LogP contribution is -2.21. The van der Waals surface area contributed by atoms with E-state index >= 15 is 0 Å². The number of carbonyl (C=O) groups excluding carboxylic acids is 1. The molecule has 4 rings (SSSR count). The van der Waals surface area contributed by atoms with Crippen LogP contribution < -0.4 is 5.32 Å². The van der Waals surface area contributed by atoms with Gasteiger partial charge in [-0.05, 0) is 46.5 Å². The third kappa shape index (κ3) is 4.70. The minimum absolute atomic E-state index is 0.0174. The zero-order valence-corrected chi connectivity index (χ0v) is 17.8. The highest BCUT2D eigenvalue weighted by Gasteiger charge is 2.41. The molecule has 0 bridgehead atoms. The highest BCUT2D eigenvalue weighted by molar-refractivity contribution is 9.10. The van der Waals surface area contributed by atoms with Crippen molar-refractivity contribution in [1.29, 1.82) is 0 Å². The molecule has 1 amide bonds. The van der Waals surface area contributed by atoms with Gasteiger partial charge in [0, 0.05) is 17.1 Å². The summed E-state index contributed by atoms with van der Waals surface area (Å²) in [5.41, 5.74) is 0.788. The Hall–Kier alpha value is -2.33.